The van der Waals surface area contributed by atoms with E-state index < -0.39 is 22.1 Å². The number of hydrogen-bond acceptors (Lipinski definition) is 6. The van der Waals surface area contributed by atoms with Gasteiger partial charge in [-0.05, 0) is 49.1 Å². The first-order chi connectivity index (χ1) is 13.2. The Morgan fingerprint density at radius 3 is 2.29 bits per heavy atom. The fourth-order valence-corrected chi connectivity index (χ4v) is 4.04. The first-order valence-corrected chi connectivity index (χ1v) is 10.1. The quantitative estimate of drug-likeness (QED) is 0.779. The molecule has 1 fully saturated rings. The van der Waals surface area contributed by atoms with Gasteiger partial charge >= 0.3 is 6.36 Å². The maximum absolute atomic E-state index is 12.4. The van der Waals surface area contributed by atoms with Gasteiger partial charge in [-0.25, -0.2) is 23.1 Å². The molecule has 0 atom stereocenters. The van der Waals surface area contributed by atoms with E-state index in [1.165, 1.54) is 0 Å². The summed E-state index contributed by atoms with van der Waals surface area (Å²) in [4.78, 5) is 10.3. The summed E-state index contributed by atoms with van der Waals surface area (Å²) in [5, 5.41) is 0. The summed E-state index contributed by atoms with van der Waals surface area (Å²) in [6.45, 7) is 1.70. The van der Waals surface area contributed by atoms with Crippen LogP contribution in [0.5, 0.6) is 5.75 Å². The Morgan fingerprint density at radius 1 is 1.11 bits per heavy atom. The van der Waals surface area contributed by atoms with Crippen LogP contribution in [-0.4, -0.2) is 44.4 Å². The molecule has 152 valence electrons. The van der Waals surface area contributed by atoms with Crippen LogP contribution in [0.1, 0.15) is 12.8 Å². The number of nitrogens with zero attached hydrogens (tertiary/aromatic N) is 3. The topological polar surface area (TPSA) is 84.4 Å². The molecule has 1 N–H and O–H groups in total. The van der Waals surface area contributed by atoms with Crippen LogP contribution in [0.4, 0.5) is 19.1 Å². The Balaban J connectivity index is 1.51. The van der Waals surface area contributed by atoms with Crippen LogP contribution in [0.15, 0.2) is 47.6 Å². The molecule has 28 heavy (non-hydrogen) atoms. The molecule has 0 aliphatic carbocycles. The van der Waals surface area contributed by atoms with E-state index in [9.17, 15) is 21.6 Å². The van der Waals surface area contributed by atoms with E-state index in [4.69, 9.17) is 0 Å². The molecule has 0 amide bonds. The molecule has 2 heterocycles. The number of alkyl halides is 3. The van der Waals surface area contributed by atoms with Gasteiger partial charge in [-0.1, -0.05) is 0 Å². The highest BCUT2D eigenvalue weighted by molar-refractivity contribution is 7.89. The summed E-state index contributed by atoms with van der Waals surface area (Å²) in [5.74, 6) is 0.340. The van der Waals surface area contributed by atoms with E-state index in [0.717, 1.165) is 50.2 Å². The number of piperidine rings is 1. The third-order valence-corrected chi connectivity index (χ3v) is 5.82. The van der Waals surface area contributed by atoms with Crippen molar-refractivity contribution in [1.29, 1.82) is 0 Å². The van der Waals surface area contributed by atoms with Gasteiger partial charge in [-0.2, -0.15) is 0 Å². The molecule has 1 saturated heterocycles. The fraction of sp³-hybridized carbons (Fsp3) is 0.412. The SMILES string of the molecule is O=S(=O)(NCC1CCN(c2ncccn2)CC1)c1ccc(OC(F)(F)F)cc1. The number of rotatable bonds is 6. The first-order valence-electron chi connectivity index (χ1n) is 8.60. The van der Waals surface area contributed by atoms with Gasteiger partial charge in [0.05, 0.1) is 4.90 Å². The molecule has 1 aliphatic heterocycles. The van der Waals surface area contributed by atoms with E-state index in [0.29, 0.717) is 5.95 Å². The Hall–Kier alpha value is -2.40. The standard InChI is InChI=1S/C17H19F3N4O3S/c18-17(19,20)27-14-2-4-15(5-3-14)28(25,26)23-12-13-6-10-24(11-7-13)16-21-8-1-9-22-16/h1-5,8-9,13,23H,6-7,10-12H2. The van der Waals surface area contributed by atoms with Crippen molar-refractivity contribution in [2.24, 2.45) is 5.92 Å². The lowest BCUT2D eigenvalue weighted by molar-refractivity contribution is -0.274. The summed E-state index contributed by atoms with van der Waals surface area (Å²) < 4.78 is 67.5. The van der Waals surface area contributed by atoms with Crippen molar-refractivity contribution in [1.82, 2.24) is 14.7 Å². The van der Waals surface area contributed by atoms with Crippen molar-refractivity contribution in [2.75, 3.05) is 24.5 Å². The molecule has 0 saturated carbocycles. The zero-order chi connectivity index (χ0) is 20.2. The highest BCUT2D eigenvalue weighted by Gasteiger charge is 2.31. The number of ether oxygens (including phenoxy) is 1. The van der Waals surface area contributed by atoms with Gasteiger partial charge in [-0.3, -0.25) is 0 Å². The number of benzene rings is 1. The normalized spacial score (nSPS) is 16.2. The van der Waals surface area contributed by atoms with Crippen molar-refractivity contribution >= 4 is 16.0 Å². The fourth-order valence-electron chi connectivity index (χ4n) is 2.92. The third kappa shape index (κ3) is 5.55. The summed E-state index contributed by atoms with van der Waals surface area (Å²) >= 11 is 0. The van der Waals surface area contributed by atoms with E-state index in [1.54, 1.807) is 18.5 Å². The average molecular weight is 416 g/mol. The molecule has 0 bridgehead atoms. The van der Waals surface area contributed by atoms with Crippen molar-refractivity contribution < 1.29 is 26.3 Å². The van der Waals surface area contributed by atoms with Crippen LogP contribution < -0.4 is 14.4 Å². The van der Waals surface area contributed by atoms with E-state index >= 15 is 0 Å². The maximum atomic E-state index is 12.4. The van der Waals surface area contributed by atoms with Crippen LogP contribution >= 0.6 is 0 Å². The van der Waals surface area contributed by atoms with Crippen molar-refractivity contribution in [3.63, 3.8) is 0 Å². The Kier molecular flexibility index (Phi) is 6.04. The second kappa shape index (κ2) is 8.31. The molecule has 0 radical (unpaired) electrons. The average Bonchev–Trinajstić information content (AvgIpc) is 2.67. The third-order valence-electron chi connectivity index (χ3n) is 4.38. The van der Waals surface area contributed by atoms with Crippen LogP contribution in [0, 0.1) is 5.92 Å². The summed E-state index contributed by atoms with van der Waals surface area (Å²) in [7, 11) is -3.81. The minimum atomic E-state index is -4.82. The highest BCUT2D eigenvalue weighted by Crippen LogP contribution is 2.24. The van der Waals surface area contributed by atoms with Gasteiger partial charge in [0, 0.05) is 32.0 Å². The number of hydrogen-bond donors (Lipinski definition) is 1. The molecular formula is C17H19F3N4O3S. The van der Waals surface area contributed by atoms with Crippen LogP contribution in [0.2, 0.25) is 0 Å². The largest absolute Gasteiger partial charge is 0.573 e. The molecule has 0 unspecified atom stereocenters. The van der Waals surface area contributed by atoms with Gasteiger partial charge in [0.25, 0.3) is 0 Å². The van der Waals surface area contributed by atoms with Crippen molar-refractivity contribution in [2.45, 2.75) is 24.1 Å². The van der Waals surface area contributed by atoms with Crippen molar-refractivity contribution in [3.05, 3.63) is 42.7 Å². The second-order valence-electron chi connectivity index (χ2n) is 6.35. The van der Waals surface area contributed by atoms with Gasteiger partial charge in [0.15, 0.2) is 0 Å². The first kappa shape index (κ1) is 20.3. The minimum absolute atomic E-state index is 0.114. The number of nitrogens with one attached hydrogen (secondary N) is 1. The number of aromatic nitrogens is 2. The molecule has 7 nitrogen and oxygen atoms in total. The number of anilines is 1. The van der Waals surface area contributed by atoms with Crippen molar-refractivity contribution in [3.8, 4) is 5.75 Å². The number of sulfonamides is 1. The molecule has 0 spiro atoms. The molecule has 2 aromatic rings. The number of halogens is 3. The van der Waals surface area contributed by atoms with Crippen LogP contribution in [0.3, 0.4) is 0 Å². The van der Waals surface area contributed by atoms with Gasteiger partial charge < -0.3 is 9.64 Å². The molecule has 1 aromatic heterocycles. The van der Waals surface area contributed by atoms with E-state index in [1.807, 2.05) is 4.90 Å². The summed E-state index contributed by atoms with van der Waals surface area (Å²) in [5.41, 5.74) is 0. The zero-order valence-corrected chi connectivity index (χ0v) is 15.6. The summed E-state index contributed by atoms with van der Waals surface area (Å²) in [6.07, 6.45) is 0.0811. The van der Waals surface area contributed by atoms with Gasteiger partial charge in [0.2, 0.25) is 16.0 Å². The molecule has 11 heteroatoms. The Labute approximate surface area is 160 Å². The van der Waals surface area contributed by atoms with Crippen LogP contribution in [0.25, 0.3) is 0 Å². The zero-order valence-electron chi connectivity index (χ0n) is 14.8. The smallest absolute Gasteiger partial charge is 0.406 e. The molecular weight excluding hydrogens is 397 g/mol. The predicted molar refractivity (Wildman–Crippen MR) is 95.3 cm³/mol. The second-order valence-corrected chi connectivity index (χ2v) is 8.12. The maximum Gasteiger partial charge on any atom is 0.573 e. The molecule has 1 aromatic carbocycles. The predicted octanol–water partition coefficient (Wildman–Crippen LogP) is 2.57. The van der Waals surface area contributed by atoms with Gasteiger partial charge in [-0.15, -0.1) is 13.2 Å². The lowest BCUT2D eigenvalue weighted by atomic mass is 9.97. The molecule has 1 aliphatic rings. The van der Waals surface area contributed by atoms with E-state index in [-0.39, 0.29) is 17.4 Å². The van der Waals surface area contributed by atoms with Crippen LogP contribution in [-0.2, 0) is 10.0 Å². The highest BCUT2D eigenvalue weighted by atomic mass is 32.2. The molecule has 3 rings (SSSR count). The monoisotopic (exact) mass is 416 g/mol. The van der Waals surface area contributed by atoms with E-state index in [2.05, 4.69) is 19.4 Å². The summed E-state index contributed by atoms with van der Waals surface area (Å²) in [6, 6.07) is 5.85. The van der Waals surface area contributed by atoms with Gasteiger partial charge in [0.1, 0.15) is 5.75 Å². The Morgan fingerprint density at radius 2 is 1.71 bits per heavy atom. The Bertz CT molecular complexity index is 869. The minimum Gasteiger partial charge on any atom is -0.406 e. The lowest BCUT2D eigenvalue weighted by Gasteiger charge is -2.31. The lowest BCUT2D eigenvalue weighted by Crippen LogP contribution is -2.39.